The van der Waals surface area contributed by atoms with Crippen LogP contribution in [0.5, 0.6) is 0 Å². The Bertz CT molecular complexity index is 357. The molecule has 116 valence electrons. The fourth-order valence-corrected chi connectivity index (χ4v) is 2.65. The quantitative estimate of drug-likeness (QED) is 0.594. The molecule has 3 nitrogen and oxygen atoms in total. The first kappa shape index (κ1) is 17.2. The Morgan fingerprint density at radius 3 is 2.25 bits per heavy atom. The molecule has 0 radical (unpaired) electrons. The van der Waals surface area contributed by atoms with Crippen LogP contribution in [0.3, 0.4) is 0 Å². The van der Waals surface area contributed by atoms with Crippen molar-refractivity contribution in [1.29, 1.82) is 0 Å². The van der Waals surface area contributed by atoms with Crippen molar-refractivity contribution in [3.63, 3.8) is 0 Å². The highest BCUT2D eigenvalue weighted by atomic mass is 15.2. The van der Waals surface area contributed by atoms with Crippen molar-refractivity contribution in [1.82, 2.24) is 9.55 Å². The van der Waals surface area contributed by atoms with Gasteiger partial charge in [0.2, 0.25) is 0 Å². The molecule has 2 N–H and O–H groups in total. The van der Waals surface area contributed by atoms with E-state index < -0.39 is 0 Å². The predicted molar refractivity (Wildman–Crippen MR) is 86.8 cm³/mol. The van der Waals surface area contributed by atoms with Gasteiger partial charge in [-0.15, -0.1) is 0 Å². The average Bonchev–Trinajstić information content (AvgIpc) is 2.82. The van der Waals surface area contributed by atoms with Crippen LogP contribution < -0.4 is 5.73 Å². The van der Waals surface area contributed by atoms with Crippen LogP contribution in [0.2, 0.25) is 0 Å². The summed E-state index contributed by atoms with van der Waals surface area (Å²) in [7, 11) is 0. The Morgan fingerprint density at radius 1 is 1.05 bits per heavy atom. The standard InChI is InChI=1S/C17H33N3/c1-4-6-7-8-9-10-11-12-13-17-19-15(3)14-20(17)16(18)5-2/h14,16H,4-13,18H2,1-3H3. The van der Waals surface area contributed by atoms with E-state index in [0.29, 0.717) is 0 Å². The number of unbranched alkanes of at least 4 members (excludes halogenated alkanes) is 7. The minimum Gasteiger partial charge on any atom is -0.319 e. The maximum atomic E-state index is 6.13. The highest BCUT2D eigenvalue weighted by Crippen LogP contribution is 2.14. The molecule has 0 aliphatic carbocycles. The van der Waals surface area contributed by atoms with E-state index in [-0.39, 0.29) is 6.17 Å². The van der Waals surface area contributed by atoms with Crippen LogP contribution in [0.4, 0.5) is 0 Å². The van der Waals surface area contributed by atoms with Crippen LogP contribution in [0, 0.1) is 6.92 Å². The lowest BCUT2D eigenvalue weighted by atomic mass is 10.1. The molecule has 1 atom stereocenters. The van der Waals surface area contributed by atoms with Gasteiger partial charge in [0.1, 0.15) is 5.82 Å². The highest BCUT2D eigenvalue weighted by Gasteiger charge is 2.10. The molecule has 1 aromatic rings. The fourth-order valence-electron chi connectivity index (χ4n) is 2.65. The summed E-state index contributed by atoms with van der Waals surface area (Å²) in [6.07, 6.45) is 15.1. The van der Waals surface area contributed by atoms with Crippen LogP contribution in [-0.4, -0.2) is 9.55 Å². The molecule has 0 aliphatic rings. The Morgan fingerprint density at radius 2 is 1.65 bits per heavy atom. The number of imidazole rings is 1. The first-order valence-electron chi connectivity index (χ1n) is 8.49. The van der Waals surface area contributed by atoms with Crippen molar-refractivity contribution in [2.45, 2.75) is 91.1 Å². The van der Waals surface area contributed by atoms with Crippen molar-refractivity contribution in [2.75, 3.05) is 0 Å². The fraction of sp³-hybridized carbons (Fsp3) is 0.824. The molecule has 0 aliphatic heterocycles. The number of nitrogens with two attached hydrogens (primary N) is 1. The second-order valence-corrected chi connectivity index (χ2v) is 5.91. The molecular formula is C17H33N3. The molecule has 0 aromatic carbocycles. The zero-order valence-corrected chi connectivity index (χ0v) is 13.7. The minimum atomic E-state index is 0.0836. The summed E-state index contributed by atoms with van der Waals surface area (Å²) in [5, 5.41) is 0. The number of aromatic nitrogens is 2. The second-order valence-electron chi connectivity index (χ2n) is 5.91. The van der Waals surface area contributed by atoms with Gasteiger partial charge in [-0.3, -0.25) is 0 Å². The van der Waals surface area contributed by atoms with Gasteiger partial charge in [-0.2, -0.15) is 0 Å². The molecule has 1 unspecified atom stereocenters. The number of hydrogen-bond donors (Lipinski definition) is 1. The van der Waals surface area contributed by atoms with Gasteiger partial charge in [0, 0.05) is 12.6 Å². The van der Waals surface area contributed by atoms with Crippen molar-refractivity contribution in [3.05, 3.63) is 17.7 Å². The Labute approximate surface area is 125 Å². The third-order valence-electron chi connectivity index (χ3n) is 3.96. The summed E-state index contributed by atoms with van der Waals surface area (Å²) in [5.41, 5.74) is 7.22. The Kier molecular flexibility index (Phi) is 8.59. The first-order chi connectivity index (χ1) is 9.69. The van der Waals surface area contributed by atoms with E-state index in [1.54, 1.807) is 0 Å². The smallest absolute Gasteiger partial charge is 0.110 e. The zero-order valence-electron chi connectivity index (χ0n) is 13.7. The topological polar surface area (TPSA) is 43.8 Å². The molecule has 0 amide bonds. The van der Waals surface area contributed by atoms with Crippen LogP contribution in [0.25, 0.3) is 0 Å². The number of aryl methyl sites for hydroxylation is 2. The zero-order chi connectivity index (χ0) is 14.8. The van der Waals surface area contributed by atoms with Gasteiger partial charge in [0.25, 0.3) is 0 Å². The molecule has 3 heteroatoms. The summed E-state index contributed by atoms with van der Waals surface area (Å²) < 4.78 is 2.16. The van der Waals surface area contributed by atoms with Crippen LogP contribution in [0.15, 0.2) is 6.20 Å². The normalized spacial score (nSPS) is 12.8. The van der Waals surface area contributed by atoms with Crippen molar-refractivity contribution in [3.8, 4) is 0 Å². The van der Waals surface area contributed by atoms with Gasteiger partial charge in [0.15, 0.2) is 0 Å². The van der Waals surface area contributed by atoms with E-state index >= 15 is 0 Å². The van der Waals surface area contributed by atoms with Crippen LogP contribution >= 0.6 is 0 Å². The first-order valence-corrected chi connectivity index (χ1v) is 8.49. The van der Waals surface area contributed by atoms with Crippen molar-refractivity contribution >= 4 is 0 Å². The average molecular weight is 279 g/mol. The lowest BCUT2D eigenvalue weighted by Crippen LogP contribution is -2.19. The van der Waals surface area contributed by atoms with E-state index in [9.17, 15) is 0 Å². The Hall–Kier alpha value is -0.830. The van der Waals surface area contributed by atoms with Gasteiger partial charge in [-0.05, 0) is 19.8 Å². The summed E-state index contributed by atoms with van der Waals surface area (Å²) >= 11 is 0. The van der Waals surface area contributed by atoms with Crippen LogP contribution in [0.1, 0.15) is 89.3 Å². The lowest BCUT2D eigenvalue weighted by Gasteiger charge is -2.14. The lowest BCUT2D eigenvalue weighted by molar-refractivity contribution is 0.478. The van der Waals surface area contributed by atoms with Crippen molar-refractivity contribution < 1.29 is 0 Å². The van der Waals surface area contributed by atoms with Crippen molar-refractivity contribution in [2.24, 2.45) is 5.73 Å². The summed E-state index contributed by atoms with van der Waals surface area (Å²) in [6, 6.07) is 0. The molecule has 1 aromatic heterocycles. The molecule has 0 saturated carbocycles. The third-order valence-corrected chi connectivity index (χ3v) is 3.96. The number of hydrogen-bond acceptors (Lipinski definition) is 2. The summed E-state index contributed by atoms with van der Waals surface area (Å²) in [4.78, 5) is 4.62. The van der Waals surface area contributed by atoms with Gasteiger partial charge >= 0.3 is 0 Å². The number of rotatable bonds is 11. The van der Waals surface area contributed by atoms with E-state index in [2.05, 4.69) is 36.5 Å². The van der Waals surface area contributed by atoms with Gasteiger partial charge in [0.05, 0.1) is 11.9 Å². The van der Waals surface area contributed by atoms with E-state index in [4.69, 9.17) is 5.73 Å². The SMILES string of the molecule is CCCCCCCCCCc1nc(C)cn1C(N)CC. The summed E-state index contributed by atoms with van der Waals surface area (Å²) in [5.74, 6) is 1.17. The second kappa shape index (κ2) is 9.98. The monoisotopic (exact) mass is 279 g/mol. The van der Waals surface area contributed by atoms with Gasteiger partial charge < -0.3 is 10.3 Å². The maximum Gasteiger partial charge on any atom is 0.110 e. The highest BCUT2D eigenvalue weighted by molar-refractivity contribution is 5.03. The van der Waals surface area contributed by atoms with E-state index in [1.807, 2.05) is 0 Å². The summed E-state index contributed by atoms with van der Waals surface area (Å²) in [6.45, 7) is 6.45. The molecule has 0 fully saturated rings. The Balaban J connectivity index is 2.21. The largest absolute Gasteiger partial charge is 0.319 e. The molecule has 0 spiro atoms. The van der Waals surface area contributed by atoms with Gasteiger partial charge in [-0.1, -0.05) is 58.8 Å². The van der Waals surface area contributed by atoms with Gasteiger partial charge in [-0.25, -0.2) is 4.98 Å². The molecule has 20 heavy (non-hydrogen) atoms. The number of nitrogens with zero attached hydrogens (tertiary/aromatic N) is 2. The van der Waals surface area contributed by atoms with E-state index in [1.165, 1.54) is 57.2 Å². The molecule has 1 rings (SSSR count). The molecular weight excluding hydrogens is 246 g/mol. The predicted octanol–water partition coefficient (Wildman–Crippen LogP) is 4.74. The maximum absolute atomic E-state index is 6.13. The molecule has 1 heterocycles. The van der Waals surface area contributed by atoms with Crippen LogP contribution in [-0.2, 0) is 6.42 Å². The third kappa shape index (κ3) is 6.08. The molecule has 0 saturated heterocycles. The van der Waals surface area contributed by atoms with E-state index in [0.717, 1.165) is 18.5 Å². The minimum absolute atomic E-state index is 0.0836. The molecule has 0 bridgehead atoms.